The highest BCUT2D eigenvalue weighted by Crippen LogP contribution is 2.21. The van der Waals surface area contributed by atoms with Crippen LogP contribution in [0.15, 0.2) is 36.7 Å². The van der Waals surface area contributed by atoms with Gasteiger partial charge in [-0.25, -0.2) is 0 Å². The summed E-state index contributed by atoms with van der Waals surface area (Å²) in [6.07, 6.45) is 5.19. The van der Waals surface area contributed by atoms with E-state index in [-0.39, 0.29) is 18.6 Å². The minimum Gasteiger partial charge on any atom is -0.394 e. The van der Waals surface area contributed by atoms with Gasteiger partial charge in [0.25, 0.3) is 5.91 Å². The van der Waals surface area contributed by atoms with E-state index in [1.165, 1.54) is 0 Å². The first-order valence-electron chi connectivity index (χ1n) is 7.64. The van der Waals surface area contributed by atoms with Crippen LogP contribution in [-0.4, -0.2) is 53.3 Å². The van der Waals surface area contributed by atoms with Gasteiger partial charge in [0.1, 0.15) is 0 Å². The number of likely N-dealkylation sites (tertiary alicyclic amines) is 1. The molecule has 0 unspecified atom stereocenters. The molecule has 5 nitrogen and oxygen atoms in total. The first-order chi connectivity index (χ1) is 10.8. The molecule has 0 atom stereocenters. The number of hydrogen-bond donors (Lipinski definition) is 1. The predicted octanol–water partition coefficient (Wildman–Crippen LogP) is 1.85. The standard InChI is InChI=1S/C17H20N2O3/c20-9-10-22-14-5-7-19(8-6-14)17(21)16-12-18-11-13-3-1-2-4-15(13)16/h1-4,11-12,14,20H,5-10H2. The highest BCUT2D eigenvalue weighted by Gasteiger charge is 2.25. The van der Waals surface area contributed by atoms with Crippen LogP contribution < -0.4 is 0 Å². The number of aliphatic hydroxyl groups excluding tert-OH is 1. The van der Waals surface area contributed by atoms with Crippen LogP contribution in [0.25, 0.3) is 10.8 Å². The van der Waals surface area contributed by atoms with Crippen molar-refractivity contribution in [2.45, 2.75) is 18.9 Å². The Kier molecular flexibility index (Phi) is 4.65. The van der Waals surface area contributed by atoms with Crippen molar-refractivity contribution in [3.8, 4) is 0 Å². The van der Waals surface area contributed by atoms with Crippen molar-refractivity contribution in [3.63, 3.8) is 0 Å². The van der Waals surface area contributed by atoms with Crippen molar-refractivity contribution >= 4 is 16.7 Å². The molecule has 2 aromatic rings. The van der Waals surface area contributed by atoms with Gasteiger partial charge in [-0.3, -0.25) is 9.78 Å². The largest absolute Gasteiger partial charge is 0.394 e. The normalized spacial score (nSPS) is 16.1. The summed E-state index contributed by atoms with van der Waals surface area (Å²) in [7, 11) is 0. The lowest BCUT2D eigenvalue weighted by Gasteiger charge is -2.32. The fraction of sp³-hybridized carbons (Fsp3) is 0.412. The van der Waals surface area contributed by atoms with Crippen molar-refractivity contribution in [3.05, 3.63) is 42.2 Å². The van der Waals surface area contributed by atoms with Crippen LogP contribution in [0.5, 0.6) is 0 Å². The summed E-state index contributed by atoms with van der Waals surface area (Å²) in [5, 5.41) is 10.7. The molecule has 1 aromatic carbocycles. The van der Waals surface area contributed by atoms with Gasteiger partial charge in [-0.05, 0) is 18.2 Å². The van der Waals surface area contributed by atoms with Crippen molar-refractivity contribution < 1.29 is 14.6 Å². The van der Waals surface area contributed by atoms with E-state index in [2.05, 4.69) is 4.98 Å². The molecule has 1 aromatic heterocycles. The Morgan fingerprint density at radius 2 is 2.05 bits per heavy atom. The second kappa shape index (κ2) is 6.85. The van der Waals surface area contributed by atoms with E-state index in [1.54, 1.807) is 12.4 Å². The molecule has 116 valence electrons. The van der Waals surface area contributed by atoms with Crippen LogP contribution in [-0.2, 0) is 4.74 Å². The summed E-state index contributed by atoms with van der Waals surface area (Å²) in [6, 6.07) is 7.81. The van der Waals surface area contributed by atoms with Gasteiger partial charge in [0.05, 0.1) is 24.9 Å². The Morgan fingerprint density at radius 3 is 2.82 bits per heavy atom. The maximum absolute atomic E-state index is 12.7. The number of amides is 1. The van der Waals surface area contributed by atoms with Gasteiger partial charge in [-0.1, -0.05) is 24.3 Å². The lowest BCUT2D eigenvalue weighted by atomic mass is 10.0. The van der Waals surface area contributed by atoms with Crippen LogP contribution in [0, 0.1) is 0 Å². The fourth-order valence-electron chi connectivity index (χ4n) is 2.90. The van der Waals surface area contributed by atoms with Crippen molar-refractivity contribution in [2.24, 2.45) is 0 Å². The summed E-state index contributed by atoms with van der Waals surface area (Å²) < 4.78 is 5.54. The number of hydrogen-bond acceptors (Lipinski definition) is 4. The third kappa shape index (κ3) is 3.10. The quantitative estimate of drug-likeness (QED) is 0.936. The lowest BCUT2D eigenvalue weighted by Crippen LogP contribution is -2.41. The van der Waals surface area contributed by atoms with Gasteiger partial charge in [-0.15, -0.1) is 0 Å². The first kappa shape index (κ1) is 14.9. The van der Waals surface area contributed by atoms with E-state index < -0.39 is 0 Å². The molecule has 2 heterocycles. The molecule has 1 aliphatic rings. The average molecular weight is 300 g/mol. The molecule has 3 rings (SSSR count). The molecular weight excluding hydrogens is 280 g/mol. The molecule has 1 aliphatic heterocycles. The minimum absolute atomic E-state index is 0.0323. The van der Waals surface area contributed by atoms with Gasteiger partial charge in [0.15, 0.2) is 0 Å². The Morgan fingerprint density at radius 1 is 1.27 bits per heavy atom. The molecule has 1 amide bonds. The first-order valence-corrected chi connectivity index (χ1v) is 7.64. The van der Waals surface area contributed by atoms with Gasteiger partial charge in [0.2, 0.25) is 0 Å². The van der Waals surface area contributed by atoms with Crippen molar-refractivity contribution in [1.29, 1.82) is 0 Å². The van der Waals surface area contributed by atoms with Crippen molar-refractivity contribution in [1.82, 2.24) is 9.88 Å². The highest BCUT2D eigenvalue weighted by molar-refractivity contribution is 6.06. The van der Waals surface area contributed by atoms with Crippen LogP contribution >= 0.6 is 0 Å². The monoisotopic (exact) mass is 300 g/mol. The molecule has 0 radical (unpaired) electrons. The van der Waals surface area contributed by atoms with Crippen molar-refractivity contribution in [2.75, 3.05) is 26.3 Å². The summed E-state index contributed by atoms with van der Waals surface area (Å²) in [5.74, 6) is 0.0323. The number of carbonyl (C=O) groups excluding carboxylic acids is 1. The molecule has 0 aliphatic carbocycles. The third-order valence-electron chi connectivity index (χ3n) is 4.07. The molecule has 0 bridgehead atoms. The highest BCUT2D eigenvalue weighted by atomic mass is 16.5. The minimum atomic E-state index is 0.0323. The predicted molar refractivity (Wildman–Crippen MR) is 83.7 cm³/mol. The summed E-state index contributed by atoms with van der Waals surface area (Å²) >= 11 is 0. The second-order valence-electron chi connectivity index (χ2n) is 5.49. The number of carbonyl (C=O) groups is 1. The van der Waals surface area contributed by atoms with Crippen LogP contribution in [0.3, 0.4) is 0 Å². The second-order valence-corrected chi connectivity index (χ2v) is 5.49. The van der Waals surface area contributed by atoms with E-state index in [0.29, 0.717) is 25.3 Å². The van der Waals surface area contributed by atoms with Gasteiger partial charge >= 0.3 is 0 Å². The van der Waals surface area contributed by atoms with E-state index in [4.69, 9.17) is 9.84 Å². The number of fused-ring (bicyclic) bond motifs is 1. The Labute approximate surface area is 129 Å². The molecular formula is C17H20N2O3. The molecule has 22 heavy (non-hydrogen) atoms. The fourth-order valence-corrected chi connectivity index (χ4v) is 2.90. The zero-order chi connectivity index (χ0) is 15.4. The summed E-state index contributed by atoms with van der Waals surface area (Å²) in [5.41, 5.74) is 0.660. The molecule has 1 N–H and O–H groups in total. The molecule has 1 fully saturated rings. The molecule has 5 heteroatoms. The van der Waals surface area contributed by atoms with Crippen LogP contribution in [0.1, 0.15) is 23.2 Å². The number of aromatic nitrogens is 1. The van der Waals surface area contributed by atoms with Crippen LogP contribution in [0.2, 0.25) is 0 Å². The molecule has 0 spiro atoms. The molecule has 1 saturated heterocycles. The lowest BCUT2D eigenvalue weighted by molar-refractivity contribution is -0.00551. The zero-order valence-electron chi connectivity index (χ0n) is 12.4. The summed E-state index contributed by atoms with van der Waals surface area (Å²) in [4.78, 5) is 18.8. The number of benzene rings is 1. The number of pyridine rings is 1. The third-order valence-corrected chi connectivity index (χ3v) is 4.07. The van der Waals surface area contributed by atoms with E-state index >= 15 is 0 Å². The van der Waals surface area contributed by atoms with E-state index in [0.717, 1.165) is 23.6 Å². The molecule has 0 saturated carbocycles. The maximum atomic E-state index is 12.7. The van der Waals surface area contributed by atoms with E-state index in [1.807, 2.05) is 29.2 Å². The van der Waals surface area contributed by atoms with Gasteiger partial charge in [0, 0.05) is 30.9 Å². The SMILES string of the molecule is O=C(c1cncc2ccccc12)N1CCC(OCCO)CC1. The Balaban J connectivity index is 1.72. The number of nitrogens with zero attached hydrogens (tertiary/aromatic N) is 2. The maximum Gasteiger partial charge on any atom is 0.256 e. The topological polar surface area (TPSA) is 62.7 Å². The Hall–Kier alpha value is -1.98. The number of rotatable bonds is 4. The van der Waals surface area contributed by atoms with Crippen LogP contribution in [0.4, 0.5) is 0 Å². The van der Waals surface area contributed by atoms with Gasteiger partial charge < -0.3 is 14.7 Å². The number of ether oxygens (including phenoxy) is 1. The smallest absolute Gasteiger partial charge is 0.256 e. The Bertz CT molecular complexity index is 646. The summed E-state index contributed by atoms with van der Waals surface area (Å²) in [6.45, 7) is 1.77. The number of aliphatic hydroxyl groups is 1. The number of piperidine rings is 1. The van der Waals surface area contributed by atoms with E-state index in [9.17, 15) is 4.79 Å². The average Bonchev–Trinajstić information content (AvgIpc) is 2.59. The zero-order valence-corrected chi connectivity index (χ0v) is 12.4. The van der Waals surface area contributed by atoms with Gasteiger partial charge in [-0.2, -0.15) is 0 Å².